The van der Waals surface area contributed by atoms with Crippen molar-refractivity contribution < 1.29 is 4.58 Å². The predicted molar refractivity (Wildman–Crippen MR) is 140 cm³/mol. The molecule has 5 rings (SSSR count). The van der Waals surface area contributed by atoms with Gasteiger partial charge in [-0.05, 0) is 54.1 Å². The summed E-state index contributed by atoms with van der Waals surface area (Å²) in [5.41, 5.74) is 13.3. The van der Waals surface area contributed by atoms with E-state index in [1.807, 2.05) is 12.1 Å². The average Bonchev–Trinajstić information content (AvgIpc) is 3.22. The molecule has 0 radical (unpaired) electrons. The van der Waals surface area contributed by atoms with E-state index in [1.54, 1.807) is 11.8 Å². The maximum atomic E-state index is 6.71. The van der Waals surface area contributed by atoms with Crippen molar-refractivity contribution in [1.29, 1.82) is 0 Å². The smallest absolute Gasteiger partial charge is 0.281 e. The normalized spacial score (nSPS) is 18.5. The highest BCUT2D eigenvalue weighted by molar-refractivity contribution is 8.14. The zero-order valence-corrected chi connectivity index (χ0v) is 19.3. The van der Waals surface area contributed by atoms with Crippen molar-refractivity contribution in [3.63, 3.8) is 0 Å². The van der Waals surface area contributed by atoms with Gasteiger partial charge in [0.25, 0.3) is 0 Å². The summed E-state index contributed by atoms with van der Waals surface area (Å²) in [4.78, 5) is 5.19. The van der Waals surface area contributed by atoms with Crippen LogP contribution in [0.25, 0.3) is 0 Å². The molecule has 0 bridgehead atoms. The molecule has 0 amide bonds. The van der Waals surface area contributed by atoms with Crippen molar-refractivity contribution in [2.24, 2.45) is 10.7 Å². The second-order valence-electron chi connectivity index (χ2n) is 8.14. The van der Waals surface area contributed by atoms with Crippen molar-refractivity contribution in [3.05, 3.63) is 132 Å². The molecule has 0 spiro atoms. The molecule has 1 aliphatic rings. The van der Waals surface area contributed by atoms with Gasteiger partial charge in [0.05, 0.1) is 11.4 Å². The van der Waals surface area contributed by atoms with E-state index in [4.69, 9.17) is 10.7 Å². The fraction of sp³-hybridized carbons (Fsp3) is 0.103. The SMILES string of the molecule is Cc1ccc(N=C(c2ccccc2)C2SC(N)=[N+](c3ccccc3)C2c2ccccc2)cc1. The van der Waals surface area contributed by atoms with Crippen LogP contribution in [-0.2, 0) is 0 Å². The van der Waals surface area contributed by atoms with E-state index in [0.717, 1.165) is 27.8 Å². The first kappa shape index (κ1) is 21.2. The molecule has 1 aliphatic heterocycles. The summed E-state index contributed by atoms with van der Waals surface area (Å²) in [6.07, 6.45) is 0. The van der Waals surface area contributed by atoms with E-state index < -0.39 is 0 Å². The molecule has 2 N–H and O–H groups in total. The van der Waals surface area contributed by atoms with Crippen LogP contribution < -0.4 is 5.73 Å². The highest BCUT2D eigenvalue weighted by atomic mass is 32.2. The molecule has 0 aliphatic carbocycles. The maximum absolute atomic E-state index is 6.71. The molecule has 0 aromatic heterocycles. The summed E-state index contributed by atoms with van der Waals surface area (Å²) in [7, 11) is 0. The van der Waals surface area contributed by atoms with Crippen LogP contribution in [0.15, 0.2) is 120 Å². The lowest BCUT2D eigenvalue weighted by atomic mass is 9.95. The molecule has 0 fully saturated rings. The van der Waals surface area contributed by atoms with E-state index in [9.17, 15) is 0 Å². The van der Waals surface area contributed by atoms with Gasteiger partial charge in [0.2, 0.25) is 0 Å². The Bertz CT molecular complexity index is 1280. The van der Waals surface area contributed by atoms with E-state index in [-0.39, 0.29) is 11.3 Å². The third-order valence-corrected chi connectivity index (χ3v) is 7.02. The van der Waals surface area contributed by atoms with Gasteiger partial charge in [-0.1, -0.05) is 96.6 Å². The molecule has 33 heavy (non-hydrogen) atoms. The first-order chi connectivity index (χ1) is 16.2. The van der Waals surface area contributed by atoms with Crippen LogP contribution >= 0.6 is 11.8 Å². The molecule has 4 aromatic rings. The number of thioether (sulfide) groups is 1. The third kappa shape index (κ3) is 4.48. The quantitative estimate of drug-likeness (QED) is 0.275. The molecular formula is C29H26N3S+. The summed E-state index contributed by atoms with van der Waals surface area (Å²) < 4.78 is 2.25. The summed E-state index contributed by atoms with van der Waals surface area (Å²) >= 11 is 1.69. The van der Waals surface area contributed by atoms with Gasteiger partial charge in [-0.2, -0.15) is 0 Å². The van der Waals surface area contributed by atoms with Crippen molar-refractivity contribution in [2.45, 2.75) is 18.2 Å². The fourth-order valence-corrected chi connectivity index (χ4v) is 5.54. The van der Waals surface area contributed by atoms with E-state index in [2.05, 4.69) is 115 Å². The number of benzene rings is 4. The standard InChI is InChI=1S/C29H25N3S/c1-21-17-19-24(20-18-21)31-26(22-11-5-2-6-12-22)28-27(23-13-7-3-8-14-23)32(29(30)33-28)25-15-9-4-10-16-25/h2-20,27-28,30H,1H3/p+1. The number of nitrogens with two attached hydrogens (primary N) is 1. The number of amidine groups is 1. The Balaban J connectivity index is 1.68. The summed E-state index contributed by atoms with van der Waals surface area (Å²) in [5, 5.41) is 0.809. The van der Waals surface area contributed by atoms with Gasteiger partial charge in [0, 0.05) is 0 Å². The number of aliphatic imine (C=N–C) groups is 1. The zero-order chi connectivity index (χ0) is 22.6. The molecule has 2 unspecified atom stereocenters. The minimum absolute atomic E-state index is 0.0167. The second-order valence-corrected chi connectivity index (χ2v) is 9.30. The molecule has 2 atom stereocenters. The average molecular weight is 449 g/mol. The van der Waals surface area contributed by atoms with Crippen LogP contribution in [0.1, 0.15) is 22.7 Å². The van der Waals surface area contributed by atoms with E-state index in [1.165, 1.54) is 11.1 Å². The topological polar surface area (TPSA) is 41.4 Å². The highest BCUT2D eigenvalue weighted by Gasteiger charge is 2.44. The Hall–Kier alpha value is -3.63. The predicted octanol–water partition coefficient (Wildman–Crippen LogP) is 6.63. The number of nitrogens with zero attached hydrogens (tertiary/aromatic N) is 2. The van der Waals surface area contributed by atoms with Crippen LogP contribution in [0.3, 0.4) is 0 Å². The van der Waals surface area contributed by atoms with E-state index >= 15 is 0 Å². The van der Waals surface area contributed by atoms with E-state index in [0.29, 0.717) is 0 Å². The number of hydrogen-bond acceptors (Lipinski definition) is 3. The Morgan fingerprint density at radius 3 is 1.97 bits per heavy atom. The molecular weight excluding hydrogens is 422 g/mol. The Morgan fingerprint density at radius 2 is 1.33 bits per heavy atom. The molecule has 4 heteroatoms. The van der Waals surface area contributed by atoms with Gasteiger partial charge in [-0.15, -0.1) is 0 Å². The maximum Gasteiger partial charge on any atom is 0.310 e. The second kappa shape index (κ2) is 9.47. The van der Waals surface area contributed by atoms with Crippen molar-refractivity contribution in [2.75, 3.05) is 0 Å². The van der Waals surface area contributed by atoms with Gasteiger partial charge >= 0.3 is 5.17 Å². The lowest BCUT2D eigenvalue weighted by Gasteiger charge is -2.22. The van der Waals surface area contributed by atoms with Crippen LogP contribution in [0, 0.1) is 6.92 Å². The van der Waals surface area contributed by atoms with Gasteiger partial charge in [0.15, 0.2) is 0 Å². The number of aryl methyl sites for hydroxylation is 1. The Labute approximate surface area is 199 Å². The fourth-order valence-electron chi connectivity index (χ4n) is 4.24. The molecule has 1 heterocycles. The number of para-hydroxylation sites is 1. The van der Waals surface area contributed by atoms with Gasteiger partial charge in [-0.25, -0.2) is 4.58 Å². The summed E-state index contributed by atoms with van der Waals surface area (Å²) in [5.74, 6) is 0. The van der Waals surface area contributed by atoms with Crippen molar-refractivity contribution >= 4 is 34.0 Å². The monoisotopic (exact) mass is 448 g/mol. The van der Waals surface area contributed by atoms with Crippen molar-refractivity contribution in [1.82, 2.24) is 0 Å². The molecule has 4 aromatic carbocycles. The van der Waals surface area contributed by atoms with Gasteiger partial charge < -0.3 is 0 Å². The highest BCUT2D eigenvalue weighted by Crippen LogP contribution is 2.42. The number of rotatable bonds is 5. The zero-order valence-electron chi connectivity index (χ0n) is 18.5. The van der Waals surface area contributed by atoms with Gasteiger partial charge in [0.1, 0.15) is 17.0 Å². The first-order valence-electron chi connectivity index (χ1n) is 11.1. The first-order valence-corrected chi connectivity index (χ1v) is 12.0. The molecule has 0 saturated heterocycles. The Kier molecular flexibility index (Phi) is 6.09. The number of hydrogen-bond donors (Lipinski definition) is 1. The van der Waals surface area contributed by atoms with Gasteiger partial charge in [-0.3, -0.25) is 10.7 Å². The molecule has 0 saturated carbocycles. The van der Waals surface area contributed by atoms with Crippen LogP contribution in [0.5, 0.6) is 0 Å². The van der Waals surface area contributed by atoms with Crippen LogP contribution in [-0.4, -0.2) is 20.7 Å². The minimum atomic E-state index is 0.0167. The molecule has 162 valence electrons. The van der Waals surface area contributed by atoms with Crippen LogP contribution in [0.4, 0.5) is 11.4 Å². The summed E-state index contributed by atoms with van der Waals surface area (Å²) in [6.45, 7) is 2.09. The van der Waals surface area contributed by atoms with Crippen LogP contribution in [0.2, 0.25) is 0 Å². The third-order valence-electron chi connectivity index (χ3n) is 5.85. The van der Waals surface area contributed by atoms with Crippen molar-refractivity contribution in [3.8, 4) is 0 Å². The summed E-state index contributed by atoms with van der Waals surface area (Å²) in [6, 6.07) is 39.8. The minimum Gasteiger partial charge on any atom is -0.281 e. The Morgan fingerprint density at radius 1 is 0.758 bits per heavy atom. The lowest BCUT2D eigenvalue weighted by Crippen LogP contribution is -2.28. The molecule has 3 nitrogen and oxygen atoms in total. The largest absolute Gasteiger partial charge is 0.310 e. The lowest BCUT2D eigenvalue weighted by molar-refractivity contribution is -0.482.